The molecule has 1 saturated heterocycles. The lowest BCUT2D eigenvalue weighted by atomic mass is 10.3. The molecular formula is C13H18N2O3. The average Bonchev–Trinajstić information content (AvgIpc) is 2.42. The summed E-state index contributed by atoms with van der Waals surface area (Å²) in [5, 5.41) is 2.87. The molecule has 5 nitrogen and oxygen atoms in total. The number of nitrogens with one attached hydrogen (secondary N) is 1. The number of amides is 2. The summed E-state index contributed by atoms with van der Waals surface area (Å²) in [6, 6.07) is 7.33. The second-order valence-electron chi connectivity index (χ2n) is 3.96. The summed E-state index contributed by atoms with van der Waals surface area (Å²) < 4.78 is 10.7. The molecule has 1 N–H and O–H groups in total. The molecule has 98 valence electrons. The van der Waals surface area contributed by atoms with Gasteiger partial charge in [-0.05, 0) is 19.1 Å². The Morgan fingerprint density at radius 1 is 1.39 bits per heavy atom. The standard InChI is InChI=1S/C13H18N2O3/c1-2-18-12-6-4-3-5-11(12)14-13(16)15-7-9-17-10-8-15/h3-6H,2,7-10H2,1H3,(H,14,16). The summed E-state index contributed by atoms with van der Waals surface area (Å²) >= 11 is 0. The second-order valence-corrected chi connectivity index (χ2v) is 3.96. The van der Waals surface area contributed by atoms with Crippen LogP contribution < -0.4 is 10.1 Å². The van der Waals surface area contributed by atoms with Gasteiger partial charge in [0.15, 0.2) is 0 Å². The maximum Gasteiger partial charge on any atom is 0.322 e. The molecule has 0 aromatic heterocycles. The number of urea groups is 1. The van der Waals surface area contributed by atoms with Gasteiger partial charge in [-0.25, -0.2) is 4.79 Å². The Hall–Kier alpha value is -1.75. The first-order valence-corrected chi connectivity index (χ1v) is 6.16. The first-order valence-electron chi connectivity index (χ1n) is 6.16. The smallest absolute Gasteiger partial charge is 0.322 e. The van der Waals surface area contributed by atoms with Crippen molar-refractivity contribution in [2.24, 2.45) is 0 Å². The summed E-state index contributed by atoms with van der Waals surface area (Å²) in [6.07, 6.45) is 0. The topological polar surface area (TPSA) is 50.8 Å². The fourth-order valence-electron chi connectivity index (χ4n) is 1.81. The monoisotopic (exact) mass is 250 g/mol. The number of anilines is 1. The highest BCUT2D eigenvalue weighted by atomic mass is 16.5. The number of morpholine rings is 1. The van der Waals surface area contributed by atoms with Gasteiger partial charge in [-0.3, -0.25) is 0 Å². The van der Waals surface area contributed by atoms with Crippen molar-refractivity contribution >= 4 is 11.7 Å². The lowest BCUT2D eigenvalue weighted by Gasteiger charge is -2.27. The van der Waals surface area contributed by atoms with Crippen LogP contribution in [-0.4, -0.2) is 43.8 Å². The summed E-state index contributed by atoms with van der Waals surface area (Å²) in [4.78, 5) is 13.8. The van der Waals surface area contributed by atoms with E-state index in [-0.39, 0.29) is 6.03 Å². The van der Waals surface area contributed by atoms with Gasteiger partial charge in [0.25, 0.3) is 0 Å². The Kier molecular flexibility index (Phi) is 4.41. The van der Waals surface area contributed by atoms with E-state index >= 15 is 0 Å². The molecule has 1 heterocycles. The van der Waals surface area contributed by atoms with Gasteiger partial charge in [0.1, 0.15) is 5.75 Å². The molecule has 1 aromatic rings. The summed E-state index contributed by atoms with van der Waals surface area (Å²) in [6.45, 7) is 4.94. The van der Waals surface area contributed by atoms with E-state index in [4.69, 9.17) is 9.47 Å². The van der Waals surface area contributed by atoms with Gasteiger partial charge in [-0.15, -0.1) is 0 Å². The third-order valence-electron chi connectivity index (χ3n) is 2.73. The largest absolute Gasteiger partial charge is 0.492 e. The maximum atomic E-state index is 12.0. The first-order chi connectivity index (χ1) is 8.81. The van der Waals surface area contributed by atoms with Gasteiger partial charge >= 0.3 is 6.03 Å². The predicted molar refractivity (Wildman–Crippen MR) is 69.0 cm³/mol. The third-order valence-corrected chi connectivity index (χ3v) is 2.73. The Bertz CT molecular complexity index is 403. The Balaban J connectivity index is 2.01. The highest BCUT2D eigenvalue weighted by Gasteiger charge is 2.17. The van der Waals surface area contributed by atoms with Crippen molar-refractivity contribution in [2.75, 3.05) is 38.2 Å². The molecule has 0 saturated carbocycles. The predicted octanol–water partition coefficient (Wildman–Crippen LogP) is 1.95. The number of hydrogen-bond donors (Lipinski definition) is 1. The molecule has 0 unspecified atom stereocenters. The third kappa shape index (κ3) is 3.13. The number of ether oxygens (including phenoxy) is 2. The fraction of sp³-hybridized carbons (Fsp3) is 0.462. The van der Waals surface area contributed by atoms with E-state index in [0.29, 0.717) is 44.3 Å². The molecule has 1 fully saturated rings. The van der Waals surface area contributed by atoms with Crippen molar-refractivity contribution in [1.29, 1.82) is 0 Å². The zero-order valence-corrected chi connectivity index (χ0v) is 10.5. The molecule has 0 radical (unpaired) electrons. The fourth-order valence-corrected chi connectivity index (χ4v) is 1.81. The molecule has 18 heavy (non-hydrogen) atoms. The molecule has 1 aliphatic rings. The van der Waals surface area contributed by atoms with Crippen LogP contribution in [-0.2, 0) is 4.74 Å². The zero-order valence-electron chi connectivity index (χ0n) is 10.5. The molecule has 2 amide bonds. The van der Waals surface area contributed by atoms with Crippen LogP contribution in [0.15, 0.2) is 24.3 Å². The van der Waals surface area contributed by atoms with E-state index in [1.807, 2.05) is 31.2 Å². The highest BCUT2D eigenvalue weighted by molar-refractivity contribution is 5.91. The average molecular weight is 250 g/mol. The van der Waals surface area contributed by atoms with Crippen LogP contribution in [0, 0.1) is 0 Å². The summed E-state index contributed by atoms with van der Waals surface area (Å²) in [7, 11) is 0. The Morgan fingerprint density at radius 3 is 2.83 bits per heavy atom. The van der Waals surface area contributed by atoms with Crippen molar-refractivity contribution in [2.45, 2.75) is 6.92 Å². The van der Waals surface area contributed by atoms with Crippen molar-refractivity contribution < 1.29 is 14.3 Å². The van der Waals surface area contributed by atoms with E-state index in [1.54, 1.807) is 4.90 Å². The SMILES string of the molecule is CCOc1ccccc1NC(=O)N1CCOCC1. The zero-order chi connectivity index (χ0) is 12.8. The van der Waals surface area contributed by atoms with E-state index in [0.717, 1.165) is 0 Å². The van der Waals surface area contributed by atoms with Gasteiger partial charge in [0.05, 0.1) is 25.5 Å². The molecular weight excluding hydrogens is 232 g/mol. The van der Waals surface area contributed by atoms with Gasteiger partial charge in [-0.2, -0.15) is 0 Å². The van der Waals surface area contributed by atoms with Gasteiger partial charge < -0.3 is 19.7 Å². The molecule has 0 spiro atoms. The number of hydrogen-bond acceptors (Lipinski definition) is 3. The summed E-state index contributed by atoms with van der Waals surface area (Å²) in [5.74, 6) is 0.696. The summed E-state index contributed by atoms with van der Waals surface area (Å²) in [5.41, 5.74) is 0.704. The van der Waals surface area contributed by atoms with Crippen LogP contribution >= 0.6 is 0 Å². The highest BCUT2D eigenvalue weighted by Crippen LogP contribution is 2.24. The minimum Gasteiger partial charge on any atom is -0.492 e. The van der Waals surface area contributed by atoms with Crippen LogP contribution in [0.4, 0.5) is 10.5 Å². The molecule has 0 atom stereocenters. The normalized spacial score (nSPS) is 15.3. The lowest BCUT2D eigenvalue weighted by molar-refractivity contribution is 0.0564. The first kappa shape index (κ1) is 12.7. The molecule has 5 heteroatoms. The number of nitrogens with zero attached hydrogens (tertiary/aromatic N) is 1. The number of carbonyl (C=O) groups is 1. The minimum absolute atomic E-state index is 0.106. The van der Waals surface area contributed by atoms with Crippen LogP contribution in [0.1, 0.15) is 6.92 Å². The molecule has 1 aliphatic heterocycles. The maximum absolute atomic E-state index is 12.0. The van der Waals surface area contributed by atoms with Crippen molar-refractivity contribution in [3.8, 4) is 5.75 Å². The lowest BCUT2D eigenvalue weighted by Crippen LogP contribution is -2.43. The molecule has 1 aromatic carbocycles. The van der Waals surface area contributed by atoms with Crippen molar-refractivity contribution in [3.05, 3.63) is 24.3 Å². The molecule has 0 aliphatic carbocycles. The molecule has 0 bridgehead atoms. The van der Waals surface area contributed by atoms with Crippen LogP contribution in [0.2, 0.25) is 0 Å². The van der Waals surface area contributed by atoms with E-state index < -0.39 is 0 Å². The van der Waals surface area contributed by atoms with Crippen LogP contribution in [0.5, 0.6) is 5.75 Å². The van der Waals surface area contributed by atoms with Crippen LogP contribution in [0.3, 0.4) is 0 Å². The second kappa shape index (κ2) is 6.26. The number of para-hydroxylation sites is 2. The number of carbonyl (C=O) groups excluding carboxylic acids is 1. The van der Waals surface area contributed by atoms with Gasteiger partial charge in [0.2, 0.25) is 0 Å². The van der Waals surface area contributed by atoms with E-state index in [9.17, 15) is 4.79 Å². The minimum atomic E-state index is -0.106. The van der Waals surface area contributed by atoms with Gasteiger partial charge in [-0.1, -0.05) is 12.1 Å². The van der Waals surface area contributed by atoms with E-state index in [2.05, 4.69) is 5.32 Å². The molecule has 2 rings (SSSR count). The van der Waals surface area contributed by atoms with E-state index in [1.165, 1.54) is 0 Å². The number of rotatable bonds is 3. The Labute approximate surface area is 107 Å². The number of benzene rings is 1. The Morgan fingerprint density at radius 2 is 2.11 bits per heavy atom. The van der Waals surface area contributed by atoms with Crippen LogP contribution in [0.25, 0.3) is 0 Å². The van der Waals surface area contributed by atoms with Crippen molar-refractivity contribution in [1.82, 2.24) is 4.90 Å². The van der Waals surface area contributed by atoms with Crippen molar-refractivity contribution in [3.63, 3.8) is 0 Å². The van der Waals surface area contributed by atoms with Gasteiger partial charge in [0, 0.05) is 13.1 Å². The quantitative estimate of drug-likeness (QED) is 0.892.